The first-order valence-corrected chi connectivity index (χ1v) is 7.34. The highest BCUT2D eigenvalue weighted by atomic mass is 79.9. The quantitative estimate of drug-likeness (QED) is 0.829. The van der Waals surface area contributed by atoms with Crippen molar-refractivity contribution in [1.82, 2.24) is 4.98 Å². The molecule has 0 N–H and O–H groups in total. The van der Waals surface area contributed by atoms with Gasteiger partial charge in [0, 0.05) is 23.8 Å². The predicted molar refractivity (Wildman–Crippen MR) is 76.4 cm³/mol. The summed E-state index contributed by atoms with van der Waals surface area (Å²) in [6.07, 6.45) is 8.60. The number of anilines is 1. The van der Waals surface area contributed by atoms with Crippen molar-refractivity contribution in [2.24, 2.45) is 5.92 Å². The molecule has 0 atom stereocenters. The normalized spacial score (nSPS) is 24.6. The molecule has 1 aliphatic rings. The molecular weight excluding hydrogens is 276 g/mol. The first kappa shape index (κ1) is 12.9. The summed E-state index contributed by atoms with van der Waals surface area (Å²) in [5, 5.41) is 0. The molecule has 0 spiro atoms. The molecule has 1 aromatic heterocycles. The van der Waals surface area contributed by atoms with Crippen LogP contribution < -0.4 is 4.90 Å². The Morgan fingerprint density at radius 3 is 2.53 bits per heavy atom. The molecule has 0 unspecified atom stereocenters. The highest BCUT2D eigenvalue weighted by Gasteiger charge is 2.23. The maximum absolute atomic E-state index is 4.47. The Morgan fingerprint density at radius 2 is 2.00 bits per heavy atom. The third kappa shape index (κ3) is 3.21. The number of halogens is 1. The van der Waals surface area contributed by atoms with Gasteiger partial charge in [-0.05, 0) is 59.7 Å². The van der Waals surface area contributed by atoms with Crippen molar-refractivity contribution in [2.45, 2.75) is 45.1 Å². The van der Waals surface area contributed by atoms with E-state index in [4.69, 9.17) is 0 Å². The lowest BCUT2D eigenvalue weighted by atomic mass is 9.84. The van der Waals surface area contributed by atoms with E-state index in [9.17, 15) is 0 Å². The Hall–Kier alpha value is -0.570. The molecule has 1 fully saturated rings. The monoisotopic (exact) mass is 296 g/mol. The smallest absolute Gasteiger partial charge is 0.128 e. The Balaban J connectivity index is 1.96. The topological polar surface area (TPSA) is 16.1 Å². The van der Waals surface area contributed by atoms with Crippen molar-refractivity contribution in [3.63, 3.8) is 0 Å². The maximum Gasteiger partial charge on any atom is 0.128 e. The molecule has 0 radical (unpaired) electrons. The molecule has 1 aromatic rings. The van der Waals surface area contributed by atoms with E-state index in [1.807, 2.05) is 6.20 Å². The van der Waals surface area contributed by atoms with Crippen LogP contribution in [0.2, 0.25) is 0 Å². The fourth-order valence-electron chi connectivity index (χ4n) is 2.70. The van der Waals surface area contributed by atoms with Crippen LogP contribution in [0, 0.1) is 5.92 Å². The number of hydrogen-bond acceptors (Lipinski definition) is 2. The molecule has 0 saturated heterocycles. The van der Waals surface area contributed by atoms with Gasteiger partial charge in [0.2, 0.25) is 0 Å². The molecule has 0 amide bonds. The zero-order chi connectivity index (χ0) is 12.3. The Bertz CT molecular complexity index is 342. The molecule has 0 aromatic carbocycles. The molecule has 2 nitrogen and oxygen atoms in total. The van der Waals surface area contributed by atoms with Crippen LogP contribution in [0.3, 0.4) is 0 Å². The number of pyridine rings is 1. The van der Waals surface area contributed by atoms with Crippen molar-refractivity contribution in [3.8, 4) is 0 Å². The minimum Gasteiger partial charge on any atom is -0.357 e. The lowest BCUT2D eigenvalue weighted by Crippen LogP contribution is -2.35. The standard InChI is InChI=1S/C14H21BrN2/c1-3-11-4-7-13(8-5-11)17(2)14-9-6-12(15)10-16-14/h6,9-11,13H,3-5,7-8H2,1-2H3. The van der Waals surface area contributed by atoms with Crippen LogP contribution in [0.1, 0.15) is 39.0 Å². The average Bonchev–Trinajstić information content (AvgIpc) is 2.39. The lowest BCUT2D eigenvalue weighted by molar-refractivity contribution is 0.313. The van der Waals surface area contributed by atoms with E-state index in [-0.39, 0.29) is 0 Å². The summed E-state index contributed by atoms with van der Waals surface area (Å²) in [4.78, 5) is 6.82. The molecule has 1 aliphatic carbocycles. The van der Waals surface area contributed by atoms with E-state index < -0.39 is 0 Å². The van der Waals surface area contributed by atoms with Crippen molar-refractivity contribution in [3.05, 3.63) is 22.8 Å². The van der Waals surface area contributed by atoms with Gasteiger partial charge in [-0.2, -0.15) is 0 Å². The largest absolute Gasteiger partial charge is 0.357 e. The minimum absolute atomic E-state index is 0.673. The second-order valence-corrected chi connectivity index (χ2v) is 5.94. The number of hydrogen-bond donors (Lipinski definition) is 0. The van der Waals surface area contributed by atoms with E-state index in [0.29, 0.717) is 6.04 Å². The van der Waals surface area contributed by atoms with Gasteiger partial charge < -0.3 is 4.90 Å². The summed E-state index contributed by atoms with van der Waals surface area (Å²) in [7, 11) is 2.17. The van der Waals surface area contributed by atoms with E-state index in [0.717, 1.165) is 16.2 Å². The van der Waals surface area contributed by atoms with Crippen molar-refractivity contribution >= 4 is 21.7 Å². The zero-order valence-corrected chi connectivity index (χ0v) is 12.3. The van der Waals surface area contributed by atoms with Gasteiger partial charge in [-0.25, -0.2) is 4.98 Å². The van der Waals surface area contributed by atoms with Gasteiger partial charge >= 0.3 is 0 Å². The van der Waals surface area contributed by atoms with Crippen LogP contribution in [0.5, 0.6) is 0 Å². The van der Waals surface area contributed by atoms with Gasteiger partial charge in [0.1, 0.15) is 5.82 Å². The van der Waals surface area contributed by atoms with Crippen molar-refractivity contribution in [2.75, 3.05) is 11.9 Å². The van der Waals surface area contributed by atoms with Crippen molar-refractivity contribution in [1.29, 1.82) is 0 Å². The van der Waals surface area contributed by atoms with Crippen LogP contribution in [0.4, 0.5) is 5.82 Å². The molecular formula is C14H21BrN2. The summed E-state index contributed by atoms with van der Waals surface area (Å²) in [5.41, 5.74) is 0. The summed E-state index contributed by atoms with van der Waals surface area (Å²) in [6.45, 7) is 2.31. The third-order valence-electron chi connectivity index (χ3n) is 4.01. The highest BCUT2D eigenvalue weighted by molar-refractivity contribution is 9.10. The highest BCUT2D eigenvalue weighted by Crippen LogP contribution is 2.30. The molecule has 3 heteroatoms. The molecule has 94 valence electrons. The second kappa shape index (κ2) is 5.85. The lowest BCUT2D eigenvalue weighted by Gasteiger charge is -2.35. The average molecular weight is 297 g/mol. The SMILES string of the molecule is CCC1CCC(N(C)c2ccc(Br)cn2)CC1. The summed E-state index contributed by atoms with van der Waals surface area (Å²) in [6, 6.07) is 4.83. The van der Waals surface area contributed by atoms with Gasteiger partial charge in [-0.3, -0.25) is 0 Å². The van der Waals surface area contributed by atoms with E-state index >= 15 is 0 Å². The van der Waals surface area contributed by atoms with Crippen LogP contribution in [-0.4, -0.2) is 18.1 Å². The van der Waals surface area contributed by atoms with E-state index in [1.54, 1.807) is 0 Å². The van der Waals surface area contributed by atoms with Gasteiger partial charge in [0.15, 0.2) is 0 Å². The summed E-state index contributed by atoms with van der Waals surface area (Å²) in [5.74, 6) is 2.05. The van der Waals surface area contributed by atoms with Crippen LogP contribution in [-0.2, 0) is 0 Å². The molecule has 0 aliphatic heterocycles. The predicted octanol–water partition coefficient (Wildman–Crippen LogP) is 4.25. The Kier molecular flexibility index (Phi) is 4.43. The molecule has 2 rings (SSSR count). The van der Waals surface area contributed by atoms with Gasteiger partial charge in [0.25, 0.3) is 0 Å². The Morgan fingerprint density at radius 1 is 1.29 bits per heavy atom. The number of rotatable bonds is 3. The van der Waals surface area contributed by atoms with Crippen LogP contribution >= 0.6 is 15.9 Å². The Labute approximate surface area is 113 Å². The third-order valence-corrected chi connectivity index (χ3v) is 4.48. The molecule has 1 saturated carbocycles. The van der Waals surface area contributed by atoms with E-state index in [1.165, 1.54) is 32.1 Å². The second-order valence-electron chi connectivity index (χ2n) is 5.03. The molecule has 0 bridgehead atoms. The zero-order valence-electron chi connectivity index (χ0n) is 10.7. The maximum atomic E-state index is 4.47. The minimum atomic E-state index is 0.673. The van der Waals surface area contributed by atoms with Crippen molar-refractivity contribution < 1.29 is 0 Å². The first-order valence-electron chi connectivity index (χ1n) is 6.55. The summed E-state index contributed by atoms with van der Waals surface area (Å²) < 4.78 is 1.05. The van der Waals surface area contributed by atoms with E-state index in [2.05, 4.69) is 51.9 Å². The fourth-order valence-corrected chi connectivity index (χ4v) is 2.94. The fraction of sp³-hybridized carbons (Fsp3) is 0.643. The number of aromatic nitrogens is 1. The van der Waals surface area contributed by atoms with Gasteiger partial charge in [0.05, 0.1) is 0 Å². The van der Waals surface area contributed by atoms with Gasteiger partial charge in [-0.1, -0.05) is 13.3 Å². The molecule has 1 heterocycles. The van der Waals surface area contributed by atoms with Gasteiger partial charge in [-0.15, -0.1) is 0 Å². The first-order chi connectivity index (χ1) is 8.20. The van der Waals surface area contributed by atoms with Crippen LogP contribution in [0.25, 0.3) is 0 Å². The summed E-state index contributed by atoms with van der Waals surface area (Å²) >= 11 is 3.43. The van der Waals surface area contributed by atoms with Crippen LogP contribution in [0.15, 0.2) is 22.8 Å². The molecule has 17 heavy (non-hydrogen) atoms. The number of nitrogens with zero attached hydrogens (tertiary/aromatic N) is 2.